The van der Waals surface area contributed by atoms with Crippen molar-refractivity contribution in [2.75, 3.05) is 0 Å². The zero-order chi connectivity index (χ0) is 12.5. The highest BCUT2D eigenvalue weighted by Crippen LogP contribution is 2.44. The zero-order valence-corrected chi connectivity index (χ0v) is 11.9. The molecule has 1 saturated carbocycles. The smallest absolute Gasteiger partial charge is 0.0340 e. The van der Waals surface area contributed by atoms with Gasteiger partial charge in [0.1, 0.15) is 0 Å². The summed E-state index contributed by atoms with van der Waals surface area (Å²) in [6.07, 6.45) is 8.84. The van der Waals surface area contributed by atoms with E-state index in [2.05, 4.69) is 50.6 Å². The van der Waals surface area contributed by atoms with Crippen molar-refractivity contribution in [2.24, 2.45) is 11.3 Å². The highest BCUT2D eigenvalue weighted by atomic mass is 15.0. The van der Waals surface area contributed by atoms with Crippen LogP contribution >= 0.6 is 0 Å². The van der Waals surface area contributed by atoms with Crippen molar-refractivity contribution in [3.63, 3.8) is 0 Å². The fraction of sp³-hybridized carbons (Fsp3) is 0.750. The molecule has 1 aliphatic rings. The number of rotatable bonds is 3. The molecule has 0 amide bonds. The molecule has 1 aromatic rings. The SMILES string of the molecule is CCCc1cccn1C1CC(C)CC(C)(C)C1. The Morgan fingerprint density at radius 1 is 1.35 bits per heavy atom. The topological polar surface area (TPSA) is 4.93 Å². The van der Waals surface area contributed by atoms with E-state index in [0.717, 1.165) is 12.0 Å². The Bertz CT molecular complexity index is 361. The number of nitrogens with zero attached hydrogens (tertiary/aromatic N) is 1. The van der Waals surface area contributed by atoms with Gasteiger partial charge in [0.2, 0.25) is 0 Å². The number of hydrogen-bond acceptors (Lipinski definition) is 0. The van der Waals surface area contributed by atoms with Gasteiger partial charge in [-0.2, -0.15) is 0 Å². The number of aryl methyl sites for hydroxylation is 1. The van der Waals surface area contributed by atoms with E-state index in [1.165, 1.54) is 37.8 Å². The van der Waals surface area contributed by atoms with E-state index in [1.54, 1.807) is 0 Å². The van der Waals surface area contributed by atoms with E-state index in [9.17, 15) is 0 Å². The third kappa shape index (κ3) is 2.94. The first kappa shape index (κ1) is 12.7. The maximum absolute atomic E-state index is 2.56. The molecule has 0 aromatic carbocycles. The monoisotopic (exact) mass is 233 g/mol. The second-order valence-corrected chi connectivity index (χ2v) is 6.72. The van der Waals surface area contributed by atoms with E-state index < -0.39 is 0 Å². The Balaban J connectivity index is 2.18. The molecule has 0 spiro atoms. The molecule has 1 nitrogen and oxygen atoms in total. The summed E-state index contributed by atoms with van der Waals surface area (Å²) >= 11 is 0. The van der Waals surface area contributed by atoms with Gasteiger partial charge in [-0.25, -0.2) is 0 Å². The van der Waals surface area contributed by atoms with Crippen LogP contribution in [0.2, 0.25) is 0 Å². The third-order valence-corrected chi connectivity index (χ3v) is 4.13. The molecular weight excluding hydrogens is 206 g/mol. The van der Waals surface area contributed by atoms with Crippen LogP contribution < -0.4 is 0 Å². The molecule has 0 N–H and O–H groups in total. The minimum Gasteiger partial charge on any atom is -0.348 e. The Hall–Kier alpha value is -0.720. The van der Waals surface area contributed by atoms with Gasteiger partial charge >= 0.3 is 0 Å². The largest absolute Gasteiger partial charge is 0.348 e. The van der Waals surface area contributed by atoms with Crippen molar-refractivity contribution in [1.82, 2.24) is 4.57 Å². The maximum Gasteiger partial charge on any atom is 0.0340 e. The average molecular weight is 233 g/mol. The summed E-state index contributed by atoms with van der Waals surface area (Å²) in [7, 11) is 0. The Morgan fingerprint density at radius 2 is 2.12 bits per heavy atom. The van der Waals surface area contributed by atoms with Crippen LogP contribution in [-0.4, -0.2) is 4.57 Å². The Kier molecular flexibility index (Phi) is 3.65. The van der Waals surface area contributed by atoms with Crippen molar-refractivity contribution in [3.8, 4) is 0 Å². The summed E-state index contributed by atoms with van der Waals surface area (Å²) in [5.41, 5.74) is 2.04. The molecular formula is C16H27N. The molecule has 17 heavy (non-hydrogen) atoms. The Labute approximate surface area is 106 Å². The summed E-state index contributed by atoms with van der Waals surface area (Å²) in [5, 5.41) is 0. The van der Waals surface area contributed by atoms with Gasteiger partial charge in [-0.1, -0.05) is 34.1 Å². The van der Waals surface area contributed by atoms with Crippen LogP contribution in [0.5, 0.6) is 0 Å². The summed E-state index contributed by atoms with van der Waals surface area (Å²) in [6, 6.07) is 5.25. The molecule has 0 radical (unpaired) electrons. The van der Waals surface area contributed by atoms with Crippen LogP contribution in [0.1, 0.15) is 65.1 Å². The lowest BCUT2D eigenvalue weighted by atomic mass is 9.70. The molecule has 1 aromatic heterocycles. The van der Waals surface area contributed by atoms with Crippen LogP contribution in [0.3, 0.4) is 0 Å². The van der Waals surface area contributed by atoms with Crippen molar-refractivity contribution in [2.45, 2.75) is 65.8 Å². The molecule has 1 heterocycles. The van der Waals surface area contributed by atoms with E-state index in [4.69, 9.17) is 0 Å². The predicted octanol–water partition coefficient (Wildman–Crippen LogP) is 4.83. The normalized spacial score (nSPS) is 28.2. The standard InChI is InChI=1S/C16H27N/c1-5-7-14-8-6-9-17(14)15-10-13(2)11-16(3,4)12-15/h6,8-9,13,15H,5,7,10-12H2,1-4H3. The molecule has 0 saturated heterocycles. The first-order valence-electron chi connectivity index (χ1n) is 7.17. The van der Waals surface area contributed by atoms with Gasteiger partial charge in [0.25, 0.3) is 0 Å². The molecule has 96 valence electrons. The summed E-state index contributed by atoms with van der Waals surface area (Å²) in [6.45, 7) is 9.54. The molecule has 1 heteroatoms. The molecule has 2 atom stereocenters. The zero-order valence-electron chi connectivity index (χ0n) is 11.9. The van der Waals surface area contributed by atoms with Gasteiger partial charge in [-0.3, -0.25) is 0 Å². The van der Waals surface area contributed by atoms with Crippen molar-refractivity contribution < 1.29 is 0 Å². The van der Waals surface area contributed by atoms with E-state index in [-0.39, 0.29) is 0 Å². The van der Waals surface area contributed by atoms with Gasteiger partial charge in [0.15, 0.2) is 0 Å². The van der Waals surface area contributed by atoms with Crippen LogP contribution in [0.25, 0.3) is 0 Å². The molecule has 2 rings (SSSR count). The fourth-order valence-electron chi connectivity index (χ4n) is 3.76. The maximum atomic E-state index is 2.56. The van der Waals surface area contributed by atoms with Crippen molar-refractivity contribution >= 4 is 0 Å². The predicted molar refractivity (Wildman–Crippen MR) is 74.3 cm³/mol. The lowest BCUT2D eigenvalue weighted by Gasteiger charge is -2.40. The van der Waals surface area contributed by atoms with E-state index in [0.29, 0.717) is 5.41 Å². The van der Waals surface area contributed by atoms with Gasteiger partial charge in [-0.15, -0.1) is 0 Å². The third-order valence-electron chi connectivity index (χ3n) is 4.13. The van der Waals surface area contributed by atoms with E-state index >= 15 is 0 Å². The summed E-state index contributed by atoms with van der Waals surface area (Å²) < 4.78 is 2.56. The van der Waals surface area contributed by atoms with Crippen LogP contribution in [-0.2, 0) is 6.42 Å². The van der Waals surface area contributed by atoms with Crippen molar-refractivity contribution in [1.29, 1.82) is 0 Å². The lowest BCUT2D eigenvalue weighted by Crippen LogP contribution is -2.29. The molecule has 2 unspecified atom stereocenters. The molecule has 0 bridgehead atoms. The van der Waals surface area contributed by atoms with E-state index in [1.807, 2.05) is 0 Å². The first-order valence-corrected chi connectivity index (χ1v) is 7.17. The molecule has 1 fully saturated rings. The first-order chi connectivity index (χ1) is 8.02. The van der Waals surface area contributed by atoms with Crippen LogP contribution in [0, 0.1) is 11.3 Å². The van der Waals surface area contributed by atoms with Crippen LogP contribution in [0.4, 0.5) is 0 Å². The van der Waals surface area contributed by atoms with Crippen molar-refractivity contribution in [3.05, 3.63) is 24.0 Å². The minimum absolute atomic E-state index is 0.510. The molecule has 0 aliphatic heterocycles. The summed E-state index contributed by atoms with van der Waals surface area (Å²) in [4.78, 5) is 0. The van der Waals surface area contributed by atoms with Gasteiger partial charge < -0.3 is 4.57 Å². The average Bonchev–Trinajstić information content (AvgIpc) is 2.63. The van der Waals surface area contributed by atoms with Gasteiger partial charge in [0, 0.05) is 17.9 Å². The number of hydrogen-bond donors (Lipinski definition) is 0. The second-order valence-electron chi connectivity index (χ2n) is 6.72. The summed E-state index contributed by atoms with van der Waals surface area (Å²) in [5.74, 6) is 0.862. The lowest BCUT2D eigenvalue weighted by molar-refractivity contribution is 0.135. The Morgan fingerprint density at radius 3 is 2.76 bits per heavy atom. The second kappa shape index (κ2) is 4.88. The fourth-order valence-corrected chi connectivity index (χ4v) is 3.76. The van der Waals surface area contributed by atoms with Gasteiger partial charge in [-0.05, 0) is 49.1 Å². The molecule has 1 aliphatic carbocycles. The number of aromatic nitrogens is 1. The van der Waals surface area contributed by atoms with Crippen LogP contribution in [0.15, 0.2) is 18.3 Å². The highest BCUT2D eigenvalue weighted by molar-refractivity contribution is 5.09. The van der Waals surface area contributed by atoms with Gasteiger partial charge in [0.05, 0.1) is 0 Å². The quantitative estimate of drug-likeness (QED) is 0.705. The highest BCUT2D eigenvalue weighted by Gasteiger charge is 2.33. The minimum atomic E-state index is 0.510.